The van der Waals surface area contributed by atoms with Gasteiger partial charge in [-0.3, -0.25) is 0 Å². The summed E-state index contributed by atoms with van der Waals surface area (Å²) in [7, 11) is 1.84. The summed E-state index contributed by atoms with van der Waals surface area (Å²) in [6.45, 7) is 2.07. The van der Waals surface area contributed by atoms with Crippen LogP contribution in [0.5, 0.6) is 0 Å². The van der Waals surface area contributed by atoms with Crippen LogP contribution in [-0.2, 0) is 7.05 Å². The number of aromatic nitrogens is 4. The highest BCUT2D eigenvalue weighted by Crippen LogP contribution is 2.41. The molecule has 0 spiro atoms. The fourth-order valence-electron chi connectivity index (χ4n) is 2.96. The molecule has 9 heteroatoms. The highest BCUT2D eigenvalue weighted by molar-refractivity contribution is 8.00. The lowest BCUT2D eigenvalue weighted by atomic mass is 10.2. The maximum Gasteiger partial charge on any atom is 0.447 e. The largest absolute Gasteiger partial charge is 0.447 e. The average Bonchev–Trinajstić information content (AvgIpc) is 3.39. The van der Waals surface area contributed by atoms with Gasteiger partial charge in [-0.2, -0.15) is 13.2 Å². The molecule has 3 aromatic rings. The van der Waals surface area contributed by atoms with E-state index in [2.05, 4.69) is 29.0 Å². The molecule has 0 N–H and O–H groups in total. The Balaban J connectivity index is 1.81. The Morgan fingerprint density at radius 1 is 1.22 bits per heavy atom. The fourth-order valence-corrected chi connectivity index (χ4v) is 4.22. The number of imidazole rings is 1. The summed E-state index contributed by atoms with van der Waals surface area (Å²) in [4.78, 5) is 14.4. The molecule has 0 aromatic carbocycles. The highest BCUT2D eigenvalue weighted by Gasteiger charge is 2.30. The number of aryl methyl sites for hydroxylation is 1. The minimum Gasteiger partial charge on any atom is -0.325 e. The number of fused-ring (bicyclic) bond motifs is 1. The van der Waals surface area contributed by atoms with Gasteiger partial charge < -0.3 is 4.57 Å². The van der Waals surface area contributed by atoms with Crippen molar-refractivity contribution in [3.63, 3.8) is 0 Å². The van der Waals surface area contributed by atoms with Crippen molar-refractivity contribution in [2.75, 3.05) is 5.75 Å². The van der Waals surface area contributed by atoms with Crippen LogP contribution in [0.2, 0.25) is 0 Å². The van der Waals surface area contributed by atoms with E-state index in [1.165, 1.54) is 12.3 Å². The van der Waals surface area contributed by atoms with Crippen molar-refractivity contribution in [1.82, 2.24) is 19.5 Å². The second-order valence-corrected chi connectivity index (χ2v) is 8.73. The van der Waals surface area contributed by atoms with Gasteiger partial charge in [-0.1, -0.05) is 6.92 Å². The van der Waals surface area contributed by atoms with Gasteiger partial charge in [0, 0.05) is 35.3 Å². The van der Waals surface area contributed by atoms with E-state index < -0.39 is 5.51 Å². The predicted molar refractivity (Wildman–Crippen MR) is 102 cm³/mol. The normalized spacial score (nSPS) is 14.9. The molecular formula is C18H17F3N4S2. The molecule has 0 unspecified atom stereocenters. The van der Waals surface area contributed by atoms with Crippen LogP contribution in [0.25, 0.3) is 22.6 Å². The maximum atomic E-state index is 12.6. The average molecular weight is 410 g/mol. The molecule has 1 aliphatic carbocycles. The molecule has 0 saturated heterocycles. The van der Waals surface area contributed by atoms with E-state index in [9.17, 15) is 13.2 Å². The van der Waals surface area contributed by atoms with E-state index in [1.54, 1.807) is 11.8 Å². The van der Waals surface area contributed by atoms with Crippen molar-refractivity contribution < 1.29 is 13.2 Å². The monoisotopic (exact) mass is 410 g/mol. The van der Waals surface area contributed by atoms with Crippen LogP contribution in [-0.4, -0.2) is 30.8 Å². The van der Waals surface area contributed by atoms with Gasteiger partial charge in [0.1, 0.15) is 10.7 Å². The van der Waals surface area contributed by atoms with Crippen molar-refractivity contribution in [1.29, 1.82) is 0 Å². The van der Waals surface area contributed by atoms with E-state index in [-0.39, 0.29) is 16.8 Å². The highest BCUT2D eigenvalue weighted by atomic mass is 32.2. The molecule has 3 heterocycles. The smallest absolute Gasteiger partial charge is 0.325 e. The van der Waals surface area contributed by atoms with Crippen molar-refractivity contribution in [2.45, 2.75) is 41.1 Å². The minimum absolute atomic E-state index is 0.109. The maximum absolute atomic E-state index is 12.6. The summed E-state index contributed by atoms with van der Waals surface area (Å²) >= 11 is 1.46. The summed E-state index contributed by atoms with van der Waals surface area (Å²) < 4.78 is 39.8. The lowest BCUT2D eigenvalue weighted by Crippen LogP contribution is -2.00. The summed E-state index contributed by atoms with van der Waals surface area (Å²) in [5.74, 6) is 2.06. The standard InChI is InChI=1S/C18H17F3N4S2/c1-3-26-14-7-6-11(10-4-5-10)23-16(14)17-24-12-8-15(27-18(19,20)21)22-9-13(12)25(17)2/h6-10H,3-5H2,1-2H3. The van der Waals surface area contributed by atoms with E-state index in [0.29, 0.717) is 22.8 Å². The second kappa shape index (κ2) is 7.01. The van der Waals surface area contributed by atoms with Crippen LogP contribution in [0, 0.1) is 0 Å². The first-order valence-electron chi connectivity index (χ1n) is 8.58. The third-order valence-corrected chi connectivity index (χ3v) is 5.94. The quantitative estimate of drug-likeness (QED) is 0.510. The Labute approximate surface area is 163 Å². The summed E-state index contributed by atoms with van der Waals surface area (Å²) in [6, 6.07) is 5.53. The lowest BCUT2D eigenvalue weighted by molar-refractivity contribution is -0.0329. The summed E-state index contributed by atoms with van der Waals surface area (Å²) in [6.07, 6.45) is 3.74. The molecule has 1 fully saturated rings. The number of nitrogens with zero attached hydrogens (tertiary/aromatic N) is 4. The topological polar surface area (TPSA) is 43.6 Å². The molecule has 0 atom stereocenters. The van der Waals surface area contributed by atoms with Crippen LogP contribution in [0.3, 0.4) is 0 Å². The zero-order chi connectivity index (χ0) is 19.2. The van der Waals surface area contributed by atoms with Crippen molar-refractivity contribution in [3.8, 4) is 11.5 Å². The second-order valence-electron chi connectivity index (χ2n) is 6.34. The molecule has 4 rings (SSSR count). The van der Waals surface area contributed by atoms with Crippen LogP contribution in [0.4, 0.5) is 13.2 Å². The molecule has 0 radical (unpaired) electrons. The third kappa shape index (κ3) is 3.94. The zero-order valence-corrected chi connectivity index (χ0v) is 16.4. The molecular weight excluding hydrogens is 393 g/mol. The molecule has 0 amide bonds. The molecule has 4 nitrogen and oxygen atoms in total. The predicted octanol–water partition coefficient (Wildman–Crippen LogP) is 5.63. The van der Waals surface area contributed by atoms with Gasteiger partial charge in [-0.05, 0) is 36.8 Å². The Morgan fingerprint density at radius 3 is 2.67 bits per heavy atom. The van der Waals surface area contributed by atoms with Gasteiger partial charge in [0.2, 0.25) is 0 Å². The summed E-state index contributed by atoms with van der Waals surface area (Å²) in [5.41, 5.74) is -1.36. The van der Waals surface area contributed by atoms with E-state index >= 15 is 0 Å². The number of halogens is 3. The van der Waals surface area contributed by atoms with Crippen molar-refractivity contribution in [2.24, 2.45) is 7.05 Å². The van der Waals surface area contributed by atoms with E-state index in [1.807, 2.05) is 11.6 Å². The third-order valence-electron chi connectivity index (χ3n) is 4.35. The number of rotatable bonds is 5. The van der Waals surface area contributed by atoms with Gasteiger partial charge in [0.15, 0.2) is 5.82 Å². The molecule has 142 valence electrons. The number of thioether (sulfide) groups is 2. The molecule has 1 saturated carbocycles. The number of alkyl halides is 3. The van der Waals surface area contributed by atoms with Crippen molar-refractivity contribution >= 4 is 34.6 Å². The van der Waals surface area contributed by atoms with Crippen LogP contribution >= 0.6 is 23.5 Å². The molecule has 0 aliphatic heterocycles. The van der Waals surface area contributed by atoms with Gasteiger partial charge >= 0.3 is 5.51 Å². The number of pyridine rings is 2. The Hall–Kier alpha value is -1.74. The molecule has 27 heavy (non-hydrogen) atoms. The SMILES string of the molecule is CCSc1ccc(C2CC2)nc1-c1nc2cc(SC(F)(F)F)ncc2n1C. The Bertz CT molecular complexity index is 996. The van der Waals surface area contributed by atoms with Gasteiger partial charge in [0.25, 0.3) is 0 Å². The van der Waals surface area contributed by atoms with Crippen LogP contribution < -0.4 is 0 Å². The van der Waals surface area contributed by atoms with Gasteiger partial charge in [-0.15, -0.1) is 11.8 Å². The lowest BCUT2D eigenvalue weighted by Gasteiger charge is -2.10. The number of hydrogen-bond donors (Lipinski definition) is 0. The van der Waals surface area contributed by atoms with Gasteiger partial charge in [-0.25, -0.2) is 15.0 Å². The first-order valence-corrected chi connectivity index (χ1v) is 10.4. The van der Waals surface area contributed by atoms with E-state index in [0.717, 1.165) is 34.9 Å². The summed E-state index contributed by atoms with van der Waals surface area (Å²) in [5, 5.41) is -0.109. The van der Waals surface area contributed by atoms with Crippen molar-refractivity contribution in [3.05, 3.63) is 30.1 Å². The number of hydrogen-bond acceptors (Lipinski definition) is 5. The molecule has 1 aliphatic rings. The van der Waals surface area contributed by atoms with Crippen LogP contribution in [0.1, 0.15) is 31.4 Å². The first kappa shape index (κ1) is 18.6. The van der Waals surface area contributed by atoms with Gasteiger partial charge in [0.05, 0.1) is 17.2 Å². The Kier molecular flexibility index (Phi) is 4.84. The zero-order valence-electron chi connectivity index (χ0n) is 14.7. The molecule has 0 bridgehead atoms. The fraction of sp³-hybridized carbons (Fsp3) is 0.389. The van der Waals surface area contributed by atoms with Crippen LogP contribution in [0.15, 0.2) is 34.3 Å². The Morgan fingerprint density at radius 2 is 2.00 bits per heavy atom. The first-order chi connectivity index (χ1) is 12.9. The molecule has 3 aromatic heterocycles. The van der Waals surface area contributed by atoms with E-state index in [4.69, 9.17) is 4.98 Å². The minimum atomic E-state index is -4.37.